The molecule has 7 nitrogen and oxygen atoms in total. The molecule has 17 heavy (non-hydrogen) atoms. The molecule has 1 aromatic carbocycles. The highest BCUT2D eigenvalue weighted by atomic mass is 16.2. The summed E-state index contributed by atoms with van der Waals surface area (Å²) in [4.78, 5) is 11.6. The molecule has 2 rings (SSSR count). The van der Waals surface area contributed by atoms with Gasteiger partial charge >= 0.3 is 0 Å². The molecule has 0 radical (unpaired) electrons. The van der Waals surface area contributed by atoms with E-state index in [2.05, 4.69) is 25.9 Å². The second-order valence-electron chi connectivity index (χ2n) is 3.39. The quantitative estimate of drug-likeness (QED) is 0.663. The fraction of sp³-hybridized carbons (Fsp3) is 0.200. The van der Waals surface area contributed by atoms with Crippen LogP contribution in [0.1, 0.15) is 21.7 Å². The van der Waals surface area contributed by atoms with Crippen LogP contribution < -0.4 is 11.1 Å². The van der Waals surface area contributed by atoms with Crippen molar-refractivity contribution in [2.45, 2.75) is 13.1 Å². The predicted octanol–water partition coefficient (Wildman–Crippen LogP) is -0.412. The van der Waals surface area contributed by atoms with Crippen molar-refractivity contribution in [1.29, 1.82) is 0 Å². The number of hydrogen-bond donors (Lipinski definition) is 3. The van der Waals surface area contributed by atoms with Gasteiger partial charge in [-0.15, -0.1) is 10.2 Å². The Morgan fingerprint density at radius 1 is 1.35 bits per heavy atom. The Balaban J connectivity index is 2.00. The number of nitrogens with one attached hydrogen (secondary N) is 2. The lowest BCUT2D eigenvalue weighted by Gasteiger charge is -2.07. The molecular formula is C10H12N6O. The van der Waals surface area contributed by atoms with Crippen LogP contribution in [0.4, 0.5) is 0 Å². The first-order valence-corrected chi connectivity index (χ1v) is 5.09. The molecule has 0 bridgehead atoms. The molecule has 88 valence electrons. The number of nitrogens with zero attached hydrogens (tertiary/aromatic N) is 3. The first kappa shape index (κ1) is 11.2. The van der Waals surface area contributed by atoms with Crippen LogP contribution in [0.3, 0.4) is 0 Å². The predicted molar refractivity (Wildman–Crippen MR) is 59.7 cm³/mol. The summed E-state index contributed by atoms with van der Waals surface area (Å²) in [6, 6.07) is 7.65. The summed E-state index contributed by atoms with van der Waals surface area (Å²) < 4.78 is 0. The molecule has 0 spiro atoms. The third-order valence-electron chi connectivity index (χ3n) is 2.33. The number of carbonyl (C=O) groups excluding carboxylic acids is 1. The van der Waals surface area contributed by atoms with E-state index >= 15 is 0 Å². The Morgan fingerprint density at radius 2 is 2.12 bits per heavy atom. The van der Waals surface area contributed by atoms with Crippen LogP contribution in [-0.2, 0) is 13.1 Å². The van der Waals surface area contributed by atoms with Crippen molar-refractivity contribution in [2.24, 2.45) is 5.73 Å². The summed E-state index contributed by atoms with van der Waals surface area (Å²) in [5.74, 6) is -0.346. The van der Waals surface area contributed by atoms with Crippen LogP contribution in [0.2, 0.25) is 0 Å². The Hall–Kier alpha value is -2.28. The second kappa shape index (κ2) is 5.17. The van der Waals surface area contributed by atoms with Crippen molar-refractivity contribution in [3.63, 3.8) is 0 Å². The fourth-order valence-electron chi connectivity index (χ4n) is 1.44. The number of H-pyrrole nitrogens is 1. The topological polar surface area (TPSA) is 110 Å². The van der Waals surface area contributed by atoms with Gasteiger partial charge in [-0.05, 0) is 16.3 Å². The third kappa shape index (κ3) is 2.64. The number of hydrogen-bond acceptors (Lipinski definition) is 5. The summed E-state index contributed by atoms with van der Waals surface area (Å²) >= 11 is 0. The minimum absolute atomic E-state index is 0.0234. The number of aromatic amines is 1. The average Bonchev–Trinajstić information content (AvgIpc) is 2.90. The maximum absolute atomic E-state index is 11.6. The van der Waals surface area contributed by atoms with Crippen molar-refractivity contribution >= 4 is 5.91 Å². The highest BCUT2D eigenvalue weighted by Crippen LogP contribution is 2.07. The number of nitrogens with two attached hydrogens (primary N) is 1. The number of carbonyl (C=O) groups is 1. The Morgan fingerprint density at radius 3 is 2.76 bits per heavy atom. The van der Waals surface area contributed by atoms with Gasteiger partial charge in [0, 0.05) is 13.1 Å². The number of amides is 1. The molecule has 0 aliphatic rings. The van der Waals surface area contributed by atoms with E-state index in [1.165, 1.54) is 0 Å². The molecule has 1 heterocycles. The smallest absolute Gasteiger partial charge is 0.293 e. The van der Waals surface area contributed by atoms with Crippen LogP contribution in [0.5, 0.6) is 0 Å². The van der Waals surface area contributed by atoms with Gasteiger partial charge in [0.2, 0.25) is 0 Å². The van der Waals surface area contributed by atoms with E-state index < -0.39 is 0 Å². The van der Waals surface area contributed by atoms with Gasteiger partial charge in [0.15, 0.2) is 0 Å². The van der Waals surface area contributed by atoms with Crippen molar-refractivity contribution in [3.05, 3.63) is 41.2 Å². The van der Waals surface area contributed by atoms with Crippen LogP contribution in [0.15, 0.2) is 24.3 Å². The molecule has 0 saturated carbocycles. The fourth-order valence-corrected chi connectivity index (χ4v) is 1.44. The van der Waals surface area contributed by atoms with Crippen LogP contribution in [0.25, 0.3) is 0 Å². The summed E-state index contributed by atoms with van der Waals surface area (Å²) in [6.07, 6.45) is 0. The van der Waals surface area contributed by atoms with E-state index in [4.69, 9.17) is 5.73 Å². The zero-order valence-electron chi connectivity index (χ0n) is 9.05. The Bertz CT molecular complexity index is 495. The van der Waals surface area contributed by atoms with E-state index in [9.17, 15) is 4.79 Å². The number of aromatic nitrogens is 4. The molecule has 1 aromatic heterocycles. The van der Waals surface area contributed by atoms with Crippen LogP contribution >= 0.6 is 0 Å². The van der Waals surface area contributed by atoms with Gasteiger partial charge in [-0.2, -0.15) is 5.21 Å². The summed E-state index contributed by atoms with van der Waals surface area (Å²) in [6.45, 7) is 0.828. The minimum Gasteiger partial charge on any atom is -0.345 e. The lowest BCUT2D eigenvalue weighted by molar-refractivity contribution is 0.0940. The van der Waals surface area contributed by atoms with E-state index in [1.807, 2.05) is 24.3 Å². The third-order valence-corrected chi connectivity index (χ3v) is 2.33. The van der Waals surface area contributed by atoms with Gasteiger partial charge in [0.1, 0.15) is 0 Å². The van der Waals surface area contributed by atoms with Crippen LogP contribution in [0, 0.1) is 0 Å². The maximum Gasteiger partial charge on any atom is 0.293 e. The molecule has 0 unspecified atom stereocenters. The maximum atomic E-state index is 11.6. The Kier molecular flexibility index (Phi) is 3.41. The van der Waals surface area contributed by atoms with E-state index in [1.54, 1.807) is 0 Å². The normalized spacial score (nSPS) is 10.2. The molecule has 0 aliphatic heterocycles. The standard InChI is InChI=1S/C10H12N6O/c11-5-7-3-1-2-4-8(7)6-12-10(17)9-13-15-16-14-9/h1-4H,5-6,11H2,(H,12,17)(H,13,14,15,16). The molecule has 0 atom stereocenters. The molecule has 0 aliphatic carbocycles. The zero-order chi connectivity index (χ0) is 12.1. The monoisotopic (exact) mass is 232 g/mol. The molecule has 1 amide bonds. The lowest BCUT2D eigenvalue weighted by atomic mass is 10.1. The summed E-state index contributed by atoms with van der Waals surface area (Å²) in [7, 11) is 0. The second-order valence-corrected chi connectivity index (χ2v) is 3.39. The highest BCUT2D eigenvalue weighted by Gasteiger charge is 2.10. The van der Waals surface area contributed by atoms with Gasteiger partial charge in [0.05, 0.1) is 0 Å². The zero-order valence-corrected chi connectivity index (χ0v) is 9.05. The van der Waals surface area contributed by atoms with Gasteiger partial charge in [-0.1, -0.05) is 24.3 Å². The highest BCUT2D eigenvalue weighted by molar-refractivity contribution is 5.89. The van der Waals surface area contributed by atoms with Gasteiger partial charge < -0.3 is 11.1 Å². The largest absolute Gasteiger partial charge is 0.345 e. The number of rotatable bonds is 4. The first-order chi connectivity index (χ1) is 8.31. The lowest BCUT2D eigenvalue weighted by Crippen LogP contribution is -2.24. The van der Waals surface area contributed by atoms with E-state index in [0.717, 1.165) is 11.1 Å². The molecule has 7 heteroatoms. The van der Waals surface area contributed by atoms with Crippen molar-refractivity contribution in [2.75, 3.05) is 0 Å². The SMILES string of the molecule is NCc1ccccc1CNC(=O)c1nn[nH]n1. The van der Waals surface area contributed by atoms with Crippen LogP contribution in [-0.4, -0.2) is 26.5 Å². The molecule has 0 saturated heterocycles. The van der Waals surface area contributed by atoms with Crippen molar-refractivity contribution in [3.8, 4) is 0 Å². The first-order valence-electron chi connectivity index (χ1n) is 5.09. The number of benzene rings is 1. The minimum atomic E-state index is -0.370. The van der Waals surface area contributed by atoms with E-state index in [-0.39, 0.29) is 11.7 Å². The number of tetrazole rings is 1. The van der Waals surface area contributed by atoms with Gasteiger partial charge in [-0.25, -0.2) is 0 Å². The van der Waals surface area contributed by atoms with Crippen molar-refractivity contribution < 1.29 is 4.79 Å². The average molecular weight is 232 g/mol. The molecule has 4 N–H and O–H groups in total. The summed E-state index contributed by atoms with van der Waals surface area (Å²) in [5, 5.41) is 15.4. The summed E-state index contributed by atoms with van der Waals surface area (Å²) in [5.41, 5.74) is 7.58. The van der Waals surface area contributed by atoms with Gasteiger partial charge in [0.25, 0.3) is 11.7 Å². The Labute approximate surface area is 97.4 Å². The van der Waals surface area contributed by atoms with Gasteiger partial charge in [-0.3, -0.25) is 4.79 Å². The molecule has 0 fully saturated rings. The molecular weight excluding hydrogens is 220 g/mol. The van der Waals surface area contributed by atoms with Crippen molar-refractivity contribution in [1.82, 2.24) is 25.9 Å². The van der Waals surface area contributed by atoms with E-state index in [0.29, 0.717) is 13.1 Å². The molecule has 2 aromatic rings.